The SMILES string of the molecule is Cc1noc(NS(=O)(=O)c2ccc(NC(=O)c3cc([N+](=O)[O-])ccc3Cl)cc2)c1C. The molecule has 1 heterocycles. The Labute approximate surface area is 176 Å². The number of hydrogen-bond acceptors (Lipinski definition) is 7. The summed E-state index contributed by atoms with van der Waals surface area (Å²) in [5.74, 6) is -0.657. The predicted molar refractivity (Wildman–Crippen MR) is 109 cm³/mol. The lowest BCUT2D eigenvalue weighted by molar-refractivity contribution is -0.384. The number of nitro benzene ring substituents is 1. The first-order chi connectivity index (χ1) is 14.1. The van der Waals surface area contributed by atoms with Crippen LogP contribution in [0.1, 0.15) is 21.6 Å². The van der Waals surface area contributed by atoms with Crippen molar-refractivity contribution in [1.82, 2.24) is 5.16 Å². The Bertz CT molecular complexity index is 1240. The van der Waals surface area contributed by atoms with Gasteiger partial charge in [-0.3, -0.25) is 14.9 Å². The number of nitrogens with one attached hydrogen (secondary N) is 2. The molecule has 0 unspecified atom stereocenters. The van der Waals surface area contributed by atoms with Crippen molar-refractivity contribution in [3.05, 3.63) is 74.4 Å². The highest BCUT2D eigenvalue weighted by molar-refractivity contribution is 7.92. The molecule has 0 aliphatic heterocycles. The molecule has 0 fully saturated rings. The minimum Gasteiger partial charge on any atom is -0.337 e. The number of benzene rings is 2. The zero-order valence-electron chi connectivity index (χ0n) is 15.7. The monoisotopic (exact) mass is 450 g/mol. The van der Waals surface area contributed by atoms with Gasteiger partial charge in [0.25, 0.3) is 21.6 Å². The normalized spacial score (nSPS) is 11.2. The van der Waals surface area contributed by atoms with E-state index in [0.717, 1.165) is 6.07 Å². The number of nitrogens with zero attached hydrogens (tertiary/aromatic N) is 2. The van der Waals surface area contributed by atoms with Gasteiger partial charge in [0.05, 0.1) is 26.1 Å². The molecule has 0 aliphatic carbocycles. The van der Waals surface area contributed by atoms with Crippen LogP contribution < -0.4 is 10.0 Å². The van der Waals surface area contributed by atoms with E-state index in [2.05, 4.69) is 15.2 Å². The molecule has 2 N–H and O–H groups in total. The third-order valence-corrected chi connectivity index (χ3v) is 5.89. The minimum atomic E-state index is -3.93. The Morgan fingerprint density at radius 2 is 1.83 bits per heavy atom. The fourth-order valence-electron chi connectivity index (χ4n) is 2.41. The fourth-order valence-corrected chi connectivity index (χ4v) is 3.66. The maximum atomic E-state index is 12.5. The van der Waals surface area contributed by atoms with Crippen LogP contribution in [0.3, 0.4) is 0 Å². The van der Waals surface area contributed by atoms with Crippen LogP contribution in [0.2, 0.25) is 5.02 Å². The predicted octanol–water partition coefficient (Wildman–Crippen LogP) is 3.91. The number of nitro groups is 1. The van der Waals surface area contributed by atoms with Gasteiger partial charge in [-0.25, -0.2) is 13.1 Å². The molecule has 0 saturated carbocycles. The molecule has 0 aliphatic rings. The Morgan fingerprint density at radius 1 is 1.17 bits per heavy atom. The van der Waals surface area contributed by atoms with E-state index >= 15 is 0 Å². The van der Waals surface area contributed by atoms with Crippen molar-refractivity contribution < 1.29 is 22.7 Å². The highest BCUT2D eigenvalue weighted by Gasteiger charge is 2.20. The van der Waals surface area contributed by atoms with Gasteiger partial charge in [-0.15, -0.1) is 0 Å². The van der Waals surface area contributed by atoms with Gasteiger partial charge in [0, 0.05) is 23.4 Å². The van der Waals surface area contributed by atoms with Crippen molar-refractivity contribution in [2.24, 2.45) is 0 Å². The first-order valence-corrected chi connectivity index (χ1v) is 10.3. The highest BCUT2D eigenvalue weighted by atomic mass is 35.5. The van der Waals surface area contributed by atoms with Crippen LogP contribution >= 0.6 is 11.6 Å². The topological polar surface area (TPSA) is 144 Å². The van der Waals surface area contributed by atoms with E-state index in [1.165, 1.54) is 36.4 Å². The standard InChI is InChI=1S/C18H15ClN4O6S/c1-10-11(2)21-29-18(10)22-30(27,28)14-6-3-12(4-7-14)20-17(24)15-9-13(23(25)26)5-8-16(15)19/h3-9,22H,1-2H3,(H,20,24). The summed E-state index contributed by atoms with van der Waals surface area (Å²) in [6.07, 6.45) is 0. The molecule has 2 aromatic carbocycles. The average molecular weight is 451 g/mol. The van der Waals surface area contributed by atoms with Gasteiger partial charge < -0.3 is 9.84 Å². The van der Waals surface area contributed by atoms with Gasteiger partial charge in [0.1, 0.15) is 0 Å². The zero-order valence-corrected chi connectivity index (χ0v) is 17.2. The summed E-state index contributed by atoms with van der Waals surface area (Å²) < 4.78 is 32.3. The molecule has 30 heavy (non-hydrogen) atoms. The van der Waals surface area contributed by atoms with E-state index < -0.39 is 20.9 Å². The van der Waals surface area contributed by atoms with Gasteiger partial charge in [0.15, 0.2) is 0 Å². The number of aromatic nitrogens is 1. The second-order valence-electron chi connectivity index (χ2n) is 6.23. The number of halogens is 1. The first kappa shape index (κ1) is 21.3. The molecule has 3 aromatic rings. The van der Waals surface area contributed by atoms with E-state index in [-0.39, 0.29) is 32.7 Å². The Hall–Kier alpha value is -3.44. The maximum absolute atomic E-state index is 12.5. The summed E-state index contributed by atoms with van der Waals surface area (Å²) in [5.41, 5.74) is 1.03. The van der Waals surface area contributed by atoms with Crippen LogP contribution in [0.4, 0.5) is 17.3 Å². The molecule has 12 heteroatoms. The molecule has 10 nitrogen and oxygen atoms in total. The number of carbonyl (C=O) groups is 1. The van der Waals surface area contributed by atoms with Crippen molar-refractivity contribution in [3.8, 4) is 0 Å². The molecule has 0 radical (unpaired) electrons. The summed E-state index contributed by atoms with van der Waals surface area (Å²) in [7, 11) is -3.93. The lowest BCUT2D eigenvalue weighted by Gasteiger charge is -2.09. The molecular formula is C18H15ClN4O6S. The molecule has 0 bridgehead atoms. The lowest BCUT2D eigenvalue weighted by Crippen LogP contribution is -2.14. The van der Waals surface area contributed by atoms with Gasteiger partial charge in [-0.1, -0.05) is 16.8 Å². The number of carbonyl (C=O) groups excluding carboxylic acids is 1. The van der Waals surface area contributed by atoms with Crippen LogP contribution in [-0.4, -0.2) is 24.4 Å². The Balaban J connectivity index is 1.77. The van der Waals surface area contributed by atoms with E-state index in [4.69, 9.17) is 16.1 Å². The third-order valence-electron chi connectivity index (χ3n) is 4.21. The molecule has 156 valence electrons. The number of amides is 1. The molecule has 0 saturated heterocycles. The summed E-state index contributed by atoms with van der Waals surface area (Å²) in [6, 6.07) is 8.80. The number of anilines is 2. The molecular weight excluding hydrogens is 436 g/mol. The third kappa shape index (κ3) is 4.42. The van der Waals surface area contributed by atoms with Crippen LogP contribution in [0.5, 0.6) is 0 Å². The van der Waals surface area contributed by atoms with Crippen LogP contribution in [0, 0.1) is 24.0 Å². The van der Waals surface area contributed by atoms with E-state index in [9.17, 15) is 23.3 Å². The summed E-state index contributed by atoms with van der Waals surface area (Å²) in [6.45, 7) is 3.35. The molecule has 1 aromatic heterocycles. The Kier molecular flexibility index (Phi) is 5.76. The quantitative estimate of drug-likeness (QED) is 0.427. The number of sulfonamides is 1. The summed E-state index contributed by atoms with van der Waals surface area (Å²) >= 11 is 5.95. The van der Waals surface area contributed by atoms with Crippen molar-refractivity contribution in [1.29, 1.82) is 0 Å². The lowest BCUT2D eigenvalue weighted by atomic mass is 10.2. The number of aryl methyl sites for hydroxylation is 1. The van der Waals surface area contributed by atoms with Crippen LogP contribution in [-0.2, 0) is 10.0 Å². The maximum Gasteiger partial charge on any atom is 0.270 e. The minimum absolute atomic E-state index is 0.0187. The van der Waals surface area contributed by atoms with Crippen LogP contribution in [0.15, 0.2) is 51.9 Å². The highest BCUT2D eigenvalue weighted by Crippen LogP contribution is 2.25. The molecule has 3 rings (SSSR count). The smallest absolute Gasteiger partial charge is 0.270 e. The number of hydrogen-bond donors (Lipinski definition) is 2. The van der Waals surface area contributed by atoms with Crippen molar-refractivity contribution in [2.75, 3.05) is 10.0 Å². The van der Waals surface area contributed by atoms with E-state index in [0.29, 0.717) is 11.3 Å². The Morgan fingerprint density at radius 3 is 2.40 bits per heavy atom. The average Bonchev–Trinajstić information content (AvgIpc) is 3.00. The van der Waals surface area contributed by atoms with Gasteiger partial charge in [-0.05, 0) is 44.2 Å². The molecule has 0 atom stereocenters. The van der Waals surface area contributed by atoms with E-state index in [1.807, 2.05) is 0 Å². The van der Waals surface area contributed by atoms with E-state index in [1.54, 1.807) is 13.8 Å². The van der Waals surface area contributed by atoms with Gasteiger partial charge in [0.2, 0.25) is 5.88 Å². The van der Waals surface area contributed by atoms with Gasteiger partial charge in [-0.2, -0.15) is 0 Å². The number of non-ortho nitro benzene ring substituents is 1. The zero-order chi connectivity index (χ0) is 22.1. The number of rotatable bonds is 6. The molecule has 0 spiro atoms. The van der Waals surface area contributed by atoms with Crippen molar-refractivity contribution in [3.63, 3.8) is 0 Å². The first-order valence-electron chi connectivity index (χ1n) is 8.39. The second-order valence-corrected chi connectivity index (χ2v) is 8.32. The van der Waals surface area contributed by atoms with Crippen molar-refractivity contribution in [2.45, 2.75) is 18.7 Å². The molecule has 1 amide bonds. The summed E-state index contributed by atoms with van der Waals surface area (Å²) in [4.78, 5) is 22.6. The summed E-state index contributed by atoms with van der Waals surface area (Å²) in [5, 5.41) is 17.1. The van der Waals surface area contributed by atoms with Gasteiger partial charge >= 0.3 is 0 Å². The second kappa shape index (κ2) is 8.13. The fraction of sp³-hybridized carbons (Fsp3) is 0.111. The van der Waals surface area contributed by atoms with Crippen molar-refractivity contribution >= 4 is 44.8 Å². The van der Waals surface area contributed by atoms with Crippen LogP contribution in [0.25, 0.3) is 0 Å². The largest absolute Gasteiger partial charge is 0.337 e.